The van der Waals surface area contributed by atoms with Crippen LogP contribution in [0, 0.1) is 0 Å². The van der Waals surface area contributed by atoms with Gasteiger partial charge in [0.2, 0.25) is 5.91 Å². The highest BCUT2D eigenvalue weighted by Gasteiger charge is 2.04. The zero-order chi connectivity index (χ0) is 27.9. The second-order valence-electron chi connectivity index (χ2n) is 10.5. The van der Waals surface area contributed by atoms with Crippen molar-refractivity contribution in [2.45, 2.75) is 136 Å². The van der Waals surface area contributed by atoms with Crippen molar-refractivity contribution in [1.82, 2.24) is 16.0 Å². The van der Waals surface area contributed by atoms with Crippen molar-refractivity contribution in [3.63, 3.8) is 0 Å². The molecule has 0 aliphatic heterocycles. The van der Waals surface area contributed by atoms with Gasteiger partial charge in [-0.15, -0.1) is 0 Å². The lowest BCUT2D eigenvalue weighted by Gasteiger charge is -2.15. The molecule has 0 aliphatic carbocycles. The van der Waals surface area contributed by atoms with E-state index in [2.05, 4.69) is 36.4 Å². The molecule has 0 aliphatic rings. The van der Waals surface area contributed by atoms with Crippen LogP contribution in [0.15, 0.2) is 12.3 Å². The zero-order valence-corrected chi connectivity index (χ0v) is 25.1. The van der Waals surface area contributed by atoms with E-state index in [1.54, 1.807) is 0 Å². The van der Waals surface area contributed by atoms with Gasteiger partial charge in [0.05, 0.1) is 26.4 Å². The minimum absolute atomic E-state index is 0.123. The van der Waals surface area contributed by atoms with Crippen molar-refractivity contribution in [2.24, 2.45) is 0 Å². The Hall–Kier alpha value is -1.15. The Morgan fingerprint density at radius 2 is 1.18 bits per heavy atom. The predicted molar refractivity (Wildman–Crippen MR) is 160 cm³/mol. The molecule has 1 unspecified atom stereocenters. The van der Waals surface area contributed by atoms with Gasteiger partial charge in [0.1, 0.15) is 6.23 Å². The number of rotatable bonds is 31. The third-order valence-corrected chi connectivity index (χ3v) is 6.70. The normalized spacial score (nSPS) is 12.0. The molecule has 0 aromatic carbocycles. The van der Waals surface area contributed by atoms with Crippen molar-refractivity contribution in [3.8, 4) is 0 Å². The van der Waals surface area contributed by atoms with Crippen LogP contribution >= 0.6 is 0 Å². The summed E-state index contributed by atoms with van der Waals surface area (Å²) in [7, 11) is 0. The van der Waals surface area contributed by atoms with Crippen molar-refractivity contribution in [2.75, 3.05) is 46.1 Å². The van der Waals surface area contributed by atoms with E-state index in [0.29, 0.717) is 52.4 Å². The van der Waals surface area contributed by atoms with Gasteiger partial charge < -0.3 is 25.2 Å². The number of unbranched alkanes of at least 4 members (excludes halogenated alkanes) is 13. The zero-order valence-electron chi connectivity index (χ0n) is 25.1. The Bertz CT molecular complexity index is 519. The number of allylic oxidation sites excluding steroid dienone is 1. The van der Waals surface area contributed by atoms with Gasteiger partial charge >= 0.3 is 0 Å². The summed E-state index contributed by atoms with van der Waals surface area (Å²) in [6, 6.07) is 0. The van der Waals surface area contributed by atoms with Gasteiger partial charge in [0.15, 0.2) is 0 Å². The largest absolute Gasteiger partial charge is 0.389 e. The summed E-state index contributed by atoms with van der Waals surface area (Å²) >= 11 is 0. The van der Waals surface area contributed by atoms with Crippen molar-refractivity contribution in [3.05, 3.63) is 12.3 Å². The smallest absolute Gasteiger partial charge is 0.220 e. The minimum Gasteiger partial charge on any atom is -0.389 e. The summed E-state index contributed by atoms with van der Waals surface area (Å²) < 4.78 is 11.0. The van der Waals surface area contributed by atoms with Gasteiger partial charge in [0.25, 0.3) is 0 Å². The maximum absolute atomic E-state index is 11.9. The van der Waals surface area contributed by atoms with E-state index in [0.717, 1.165) is 44.3 Å². The molecular formula is C31H63N3O4. The molecule has 0 fully saturated rings. The van der Waals surface area contributed by atoms with Crippen molar-refractivity contribution in [1.29, 1.82) is 0 Å². The van der Waals surface area contributed by atoms with E-state index in [1.165, 1.54) is 70.6 Å². The van der Waals surface area contributed by atoms with E-state index in [9.17, 15) is 9.90 Å². The summed E-state index contributed by atoms with van der Waals surface area (Å²) in [5, 5.41) is 19.2. The second kappa shape index (κ2) is 30.4. The fourth-order valence-electron chi connectivity index (χ4n) is 4.22. The number of amides is 1. The van der Waals surface area contributed by atoms with Crippen LogP contribution in [0.4, 0.5) is 0 Å². The maximum atomic E-state index is 11.9. The Morgan fingerprint density at radius 3 is 1.76 bits per heavy atom. The third kappa shape index (κ3) is 29.4. The average Bonchev–Trinajstić information content (AvgIpc) is 2.91. The first kappa shape index (κ1) is 36.8. The topological polar surface area (TPSA) is 91.8 Å². The highest BCUT2D eigenvalue weighted by Crippen LogP contribution is 2.13. The van der Waals surface area contributed by atoms with Crippen LogP contribution < -0.4 is 16.0 Å². The highest BCUT2D eigenvalue weighted by atomic mass is 16.5. The molecular weight excluding hydrogens is 478 g/mol. The molecule has 0 bridgehead atoms. The van der Waals surface area contributed by atoms with Gasteiger partial charge in [-0.3, -0.25) is 10.1 Å². The molecule has 1 amide bonds. The molecule has 4 N–H and O–H groups in total. The molecule has 1 atom stereocenters. The molecule has 0 heterocycles. The molecule has 0 spiro atoms. The lowest BCUT2D eigenvalue weighted by atomic mass is 10.0. The monoisotopic (exact) mass is 541 g/mol. The molecule has 7 heteroatoms. The van der Waals surface area contributed by atoms with Gasteiger partial charge in [-0.25, -0.2) is 0 Å². The number of hydrogen-bond acceptors (Lipinski definition) is 6. The molecule has 0 radical (unpaired) electrons. The van der Waals surface area contributed by atoms with Crippen LogP contribution in [0.5, 0.6) is 0 Å². The van der Waals surface area contributed by atoms with Crippen LogP contribution in [0.2, 0.25) is 0 Å². The minimum atomic E-state index is -0.553. The summed E-state index contributed by atoms with van der Waals surface area (Å²) in [5.74, 6) is 0.123. The quantitative estimate of drug-likeness (QED) is 0.0616. The van der Waals surface area contributed by atoms with Crippen LogP contribution in [-0.2, 0) is 14.3 Å². The Kier molecular flexibility index (Phi) is 29.5. The molecule has 38 heavy (non-hydrogen) atoms. The second-order valence-corrected chi connectivity index (χ2v) is 10.5. The van der Waals surface area contributed by atoms with Gasteiger partial charge in [0, 0.05) is 31.8 Å². The Morgan fingerprint density at radius 1 is 0.658 bits per heavy atom. The molecule has 226 valence electrons. The fourth-order valence-corrected chi connectivity index (χ4v) is 4.22. The lowest BCUT2D eigenvalue weighted by molar-refractivity contribution is -0.121. The Balaban J connectivity index is 3.28. The molecule has 0 rings (SSSR count). The number of nitrogens with one attached hydrogen (secondary N) is 3. The van der Waals surface area contributed by atoms with Gasteiger partial charge in [-0.1, -0.05) is 104 Å². The highest BCUT2D eigenvalue weighted by molar-refractivity contribution is 5.75. The molecule has 0 aromatic rings. The summed E-state index contributed by atoms with van der Waals surface area (Å²) in [4.78, 5) is 11.9. The summed E-state index contributed by atoms with van der Waals surface area (Å²) in [6.45, 7) is 12.5. The Labute approximate surface area is 235 Å². The van der Waals surface area contributed by atoms with E-state index < -0.39 is 6.23 Å². The first-order valence-corrected chi connectivity index (χ1v) is 15.8. The molecule has 0 saturated carbocycles. The molecule has 0 saturated heterocycles. The van der Waals surface area contributed by atoms with Crippen molar-refractivity contribution < 1.29 is 19.4 Å². The van der Waals surface area contributed by atoms with Crippen molar-refractivity contribution >= 4 is 5.91 Å². The van der Waals surface area contributed by atoms with Crippen LogP contribution in [0.1, 0.15) is 129 Å². The number of aliphatic hydroxyl groups is 1. The average molecular weight is 542 g/mol. The predicted octanol–water partition coefficient (Wildman–Crippen LogP) is 6.21. The SMILES string of the molecule is C=C(CCC(O)NCCOCCOCCNC(=O)CCCCCCCCCCCCCCC)NCCCC. The molecule has 0 aromatic heterocycles. The number of carbonyl (C=O) groups excluding carboxylic acids is 1. The number of aliphatic hydroxyl groups excluding tert-OH is 1. The van der Waals surface area contributed by atoms with E-state index >= 15 is 0 Å². The van der Waals surface area contributed by atoms with E-state index in [4.69, 9.17) is 9.47 Å². The maximum Gasteiger partial charge on any atom is 0.220 e. The number of hydrogen-bond donors (Lipinski definition) is 4. The fraction of sp³-hybridized carbons (Fsp3) is 0.903. The molecule has 7 nitrogen and oxygen atoms in total. The van der Waals surface area contributed by atoms with Crippen LogP contribution in [-0.4, -0.2) is 63.3 Å². The lowest BCUT2D eigenvalue weighted by Crippen LogP contribution is -2.32. The third-order valence-electron chi connectivity index (χ3n) is 6.70. The standard InChI is InChI=1S/C31H63N3O4/c1-4-6-8-9-10-11-12-13-14-15-16-17-18-19-30(35)33-23-25-37-27-28-38-26-24-34-31(36)21-20-29(3)32-22-7-5-2/h31-32,34,36H,3-28H2,1-2H3,(H,33,35). The van der Waals surface area contributed by atoms with Crippen LogP contribution in [0.25, 0.3) is 0 Å². The van der Waals surface area contributed by atoms with E-state index in [-0.39, 0.29) is 5.91 Å². The number of carbonyl (C=O) groups is 1. The van der Waals surface area contributed by atoms with E-state index in [1.807, 2.05) is 0 Å². The first-order chi connectivity index (χ1) is 18.6. The van der Waals surface area contributed by atoms with Crippen LogP contribution in [0.3, 0.4) is 0 Å². The first-order valence-electron chi connectivity index (χ1n) is 15.8. The van der Waals surface area contributed by atoms with Gasteiger partial charge in [-0.2, -0.15) is 0 Å². The summed E-state index contributed by atoms with van der Waals surface area (Å²) in [5.41, 5.74) is 0.975. The van der Waals surface area contributed by atoms with Gasteiger partial charge in [-0.05, 0) is 25.7 Å². The summed E-state index contributed by atoms with van der Waals surface area (Å²) in [6.07, 6.45) is 20.9. The number of ether oxygens (including phenoxy) is 2.